The highest BCUT2D eigenvalue weighted by Crippen LogP contribution is 2.70. The molecular weight excluding hydrogens is 534 g/mol. The zero-order valence-electron chi connectivity index (χ0n) is 24.3. The predicted octanol–water partition coefficient (Wildman–Crippen LogP) is 6.33. The number of carbonyl (C=O) groups is 2. The fourth-order valence-corrected chi connectivity index (χ4v) is 10.3. The number of thioether (sulfide) groups is 1. The van der Waals surface area contributed by atoms with E-state index in [2.05, 4.69) is 32.9 Å². The van der Waals surface area contributed by atoms with E-state index in [1.807, 2.05) is 43.3 Å². The van der Waals surface area contributed by atoms with Gasteiger partial charge in [0.05, 0.1) is 28.5 Å². The SMILES string of the molecule is CCO[C@H]1CC2(C)C(C[C@H]3O[C@@H](C)O[C@]32C(=O)CSc2ccc3ccccc3n2)C2CCC3=CC(=O)C=CC3(C)C21. The molecule has 6 nitrogen and oxygen atoms in total. The van der Waals surface area contributed by atoms with Crippen LogP contribution in [-0.4, -0.2) is 53.0 Å². The van der Waals surface area contributed by atoms with E-state index in [0.29, 0.717) is 12.5 Å². The summed E-state index contributed by atoms with van der Waals surface area (Å²) in [6.45, 7) is 9.12. The largest absolute Gasteiger partial charge is 0.378 e. The molecule has 4 aliphatic carbocycles. The van der Waals surface area contributed by atoms with Crippen LogP contribution in [0.25, 0.3) is 10.9 Å². The first-order chi connectivity index (χ1) is 19.7. The smallest absolute Gasteiger partial charge is 0.178 e. The number of ether oxygens (including phenoxy) is 3. The first-order valence-corrected chi connectivity index (χ1v) is 16.1. The number of hydrogen-bond donors (Lipinski definition) is 0. The zero-order chi connectivity index (χ0) is 28.6. The molecule has 5 aliphatic rings. The number of allylic oxidation sites excluding steroid dienone is 4. The third-order valence-corrected chi connectivity index (χ3v) is 12.0. The number of hydrogen-bond acceptors (Lipinski definition) is 7. The average molecular weight is 574 g/mol. The van der Waals surface area contributed by atoms with Crippen LogP contribution >= 0.6 is 11.8 Å². The first kappa shape index (κ1) is 27.5. The topological polar surface area (TPSA) is 74.7 Å². The molecule has 0 spiro atoms. The highest BCUT2D eigenvalue weighted by atomic mass is 32.2. The summed E-state index contributed by atoms with van der Waals surface area (Å²) >= 11 is 1.49. The maximum atomic E-state index is 14.5. The Balaban J connectivity index is 1.23. The molecule has 1 aromatic heterocycles. The van der Waals surface area contributed by atoms with Gasteiger partial charge >= 0.3 is 0 Å². The Bertz CT molecular complexity index is 1470. The number of para-hydroxylation sites is 1. The third-order valence-electron chi connectivity index (χ3n) is 11.1. The van der Waals surface area contributed by atoms with E-state index in [1.54, 1.807) is 6.08 Å². The maximum absolute atomic E-state index is 14.5. The molecule has 7 rings (SSSR count). The fourth-order valence-electron chi connectivity index (χ4n) is 9.46. The van der Waals surface area contributed by atoms with Gasteiger partial charge in [-0.3, -0.25) is 9.59 Å². The molecule has 0 amide bonds. The van der Waals surface area contributed by atoms with Gasteiger partial charge in [-0.2, -0.15) is 0 Å². The van der Waals surface area contributed by atoms with Crippen LogP contribution in [0.3, 0.4) is 0 Å². The molecule has 216 valence electrons. The van der Waals surface area contributed by atoms with Crippen LogP contribution in [0.15, 0.2) is 65.2 Å². The quantitative estimate of drug-likeness (QED) is 0.374. The van der Waals surface area contributed by atoms with Gasteiger partial charge in [0.15, 0.2) is 23.5 Å². The van der Waals surface area contributed by atoms with E-state index in [-0.39, 0.29) is 46.8 Å². The second-order valence-electron chi connectivity index (χ2n) is 13.0. The molecule has 1 saturated heterocycles. The first-order valence-electron chi connectivity index (χ1n) is 15.1. The summed E-state index contributed by atoms with van der Waals surface area (Å²) in [7, 11) is 0. The third kappa shape index (κ3) is 3.99. The monoisotopic (exact) mass is 573 g/mol. The number of ketones is 2. The molecule has 0 radical (unpaired) electrons. The molecule has 2 aromatic rings. The number of aromatic nitrogens is 1. The molecule has 0 bridgehead atoms. The zero-order valence-corrected chi connectivity index (χ0v) is 25.1. The normalized spacial score (nSPS) is 41.0. The number of carbonyl (C=O) groups excluding carboxylic acids is 2. The molecule has 7 heteroatoms. The lowest BCUT2D eigenvalue weighted by molar-refractivity contribution is -0.200. The van der Waals surface area contributed by atoms with Gasteiger partial charge in [0.1, 0.15) is 0 Å². The summed E-state index contributed by atoms with van der Waals surface area (Å²) in [6.07, 6.45) is 8.39. The number of nitrogens with zero attached hydrogens (tertiary/aromatic N) is 1. The van der Waals surface area contributed by atoms with E-state index in [9.17, 15) is 9.59 Å². The molecule has 41 heavy (non-hydrogen) atoms. The van der Waals surface area contributed by atoms with Crippen LogP contribution < -0.4 is 0 Å². The lowest BCUT2D eigenvalue weighted by Gasteiger charge is -2.60. The van der Waals surface area contributed by atoms with Crippen molar-refractivity contribution in [2.45, 2.75) is 82.5 Å². The van der Waals surface area contributed by atoms with Crippen LogP contribution in [-0.2, 0) is 23.8 Å². The molecule has 4 fully saturated rings. The van der Waals surface area contributed by atoms with E-state index in [0.717, 1.165) is 41.6 Å². The summed E-state index contributed by atoms with van der Waals surface area (Å²) < 4.78 is 19.7. The Kier molecular flexibility index (Phi) is 6.62. The molecular formula is C34H39NO5S. The van der Waals surface area contributed by atoms with Gasteiger partial charge in [-0.15, -0.1) is 0 Å². The Hall–Kier alpha value is -2.32. The molecule has 1 aliphatic heterocycles. The second-order valence-corrected chi connectivity index (χ2v) is 14.0. The van der Waals surface area contributed by atoms with Crippen LogP contribution in [0.5, 0.6) is 0 Å². The number of Topliss-reactive ketones (excluding diaryl/α,β-unsaturated/α-hetero) is 1. The van der Waals surface area contributed by atoms with Crippen molar-refractivity contribution in [3.8, 4) is 0 Å². The van der Waals surface area contributed by atoms with Crippen molar-refractivity contribution >= 4 is 34.2 Å². The summed E-state index contributed by atoms with van der Waals surface area (Å²) in [5.41, 5.74) is 0.488. The van der Waals surface area contributed by atoms with Crippen molar-refractivity contribution in [3.05, 3.63) is 60.2 Å². The number of rotatable bonds is 6. The van der Waals surface area contributed by atoms with Gasteiger partial charge in [-0.05, 0) is 75.7 Å². The van der Waals surface area contributed by atoms with Gasteiger partial charge in [0.2, 0.25) is 0 Å². The lowest BCUT2D eigenvalue weighted by atomic mass is 9.46. The summed E-state index contributed by atoms with van der Waals surface area (Å²) in [5.74, 6) is 1.31. The lowest BCUT2D eigenvalue weighted by Crippen LogP contribution is -2.63. The van der Waals surface area contributed by atoms with E-state index in [1.165, 1.54) is 17.3 Å². The molecule has 3 saturated carbocycles. The minimum absolute atomic E-state index is 0.0458. The molecule has 9 atom stereocenters. The van der Waals surface area contributed by atoms with E-state index < -0.39 is 17.3 Å². The number of pyridine rings is 1. The number of fused-ring (bicyclic) bond motifs is 8. The minimum Gasteiger partial charge on any atom is -0.378 e. The Morgan fingerprint density at radius 1 is 1.20 bits per heavy atom. The van der Waals surface area contributed by atoms with Gasteiger partial charge in [0.25, 0.3) is 0 Å². The molecule has 5 unspecified atom stereocenters. The Morgan fingerprint density at radius 3 is 2.85 bits per heavy atom. The van der Waals surface area contributed by atoms with Crippen LogP contribution in [0, 0.1) is 28.6 Å². The van der Waals surface area contributed by atoms with Crippen molar-refractivity contribution in [1.29, 1.82) is 0 Å². The fraction of sp³-hybridized carbons (Fsp3) is 0.559. The van der Waals surface area contributed by atoms with Crippen molar-refractivity contribution in [1.82, 2.24) is 4.98 Å². The van der Waals surface area contributed by atoms with E-state index in [4.69, 9.17) is 19.2 Å². The van der Waals surface area contributed by atoms with Gasteiger partial charge in [0, 0.05) is 28.7 Å². The van der Waals surface area contributed by atoms with Crippen molar-refractivity contribution in [3.63, 3.8) is 0 Å². The Labute approximate surface area is 246 Å². The molecule has 2 heterocycles. The van der Waals surface area contributed by atoms with Crippen molar-refractivity contribution in [2.24, 2.45) is 28.6 Å². The summed E-state index contributed by atoms with van der Waals surface area (Å²) in [6, 6.07) is 12.1. The summed E-state index contributed by atoms with van der Waals surface area (Å²) in [5, 5.41) is 1.93. The Morgan fingerprint density at radius 2 is 2.02 bits per heavy atom. The van der Waals surface area contributed by atoms with Gasteiger partial charge < -0.3 is 14.2 Å². The second kappa shape index (κ2) is 9.87. The molecule has 0 N–H and O–H groups in total. The molecule has 1 aromatic carbocycles. The van der Waals surface area contributed by atoms with Crippen molar-refractivity contribution < 1.29 is 23.8 Å². The highest BCUT2D eigenvalue weighted by Gasteiger charge is 2.75. The van der Waals surface area contributed by atoms with Gasteiger partial charge in [-0.1, -0.05) is 61.5 Å². The summed E-state index contributed by atoms with van der Waals surface area (Å²) in [4.78, 5) is 31.6. The van der Waals surface area contributed by atoms with Crippen LogP contribution in [0.1, 0.15) is 53.4 Å². The predicted molar refractivity (Wildman–Crippen MR) is 158 cm³/mol. The van der Waals surface area contributed by atoms with E-state index >= 15 is 0 Å². The standard InChI is InChI=1S/C34H39NO5S/c1-5-38-27-18-33(4)25(24-12-11-22-16-23(36)14-15-32(22,3)31(24)27)17-29-34(33,40-20(2)39-29)28(37)19-41-30-13-10-21-8-6-7-9-26(21)35-30/h6-10,13-16,20,24-25,27,29,31H,5,11-12,17-19H2,1-4H3/t20-,24?,25?,27+,29-,31?,32?,33?,34-/m1/s1. The minimum atomic E-state index is -1.02. The maximum Gasteiger partial charge on any atom is 0.178 e. The average Bonchev–Trinajstić information content (AvgIpc) is 3.42. The van der Waals surface area contributed by atoms with Gasteiger partial charge in [-0.25, -0.2) is 4.98 Å². The van der Waals surface area contributed by atoms with Crippen molar-refractivity contribution in [2.75, 3.05) is 12.4 Å². The van der Waals surface area contributed by atoms with Crippen LogP contribution in [0.4, 0.5) is 0 Å². The highest BCUT2D eigenvalue weighted by molar-refractivity contribution is 7.99. The van der Waals surface area contributed by atoms with Crippen LogP contribution in [0.2, 0.25) is 0 Å². The number of benzene rings is 1.